The summed E-state index contributed by atoms with van der Waals surface area (Å²) in [5, 5.41) is 2.93. The zero-order valence-corrected chi connectivity index (χ0v) is 13.3. The molecule has 19 heavy (non-hydrogen) atoms. The van der Waals surface area contributed by atoms with Crippen LogP contribution in [-0.2, 0) is 9.59 Å². The Bertz CT molecular complexity index is 329. The first-order valence-electron chi connectivity index (χ1n) is 7.14. The summed E-state index contributed by atoms with van der Waals surface area (Å²) in [6, 6.07) is -0.340. The van der Waals surface area contributed by atoms with E-state index in [0.717, 1.165) is 18.6 Å². The van der Waals surface area contributed by atoms with Gasteiger partial charge in [0.25, 0.3) is 0 Å². The van der Waals surface area contributed by atoms with Gasteiger partial charge in [-0.25, -0.2) is 0 Å². The van der Waals surface area contributed by atoms with Gasteiger partial charge in [-0.15, -0.1) is 0 Å². The molecule has 0 aliphatic carbocycles. The van der Waals surface area contributed by atoms with Crippen molar-refractivity contribution in [2.75, 3.05) is 18.6 Å². The van der Waals surface area contributed by atoms with Crippen LogP contribution in [0.3, 0.4) is 0 Å². The fourth-order valence-electron chi connectivity index (χ4n) is 2.54. The summed E-state index contributed by atoms with van der Waals surface area (Å²) in [7, 11) is 0. The molecule has 4 nitrogen and oxygen atoms in total. The molecule has 1 fully saturated rings. The highest BCUT2D eigenvalue weighted by Crippen LogP contribution is 2.25. The van der Waals surface area contributed by atoms with Crippen LogP contribution in [0.1, 0.15) is 46.5 Å². The summed E-state index contributed by atoms with van der Waals surface area (Å²) >= 11 is 1.82. The third kappa shape index (κ3) is 3.44. The molecule has 0 bridgehead atoms. The van der Waals surface area contributed by atoms with E-state index in [-0.39, 0.29) is 17.9 Å². The smallest absolute Gasteiger partial charge is 0.248 e. The molecule has 0 aromatic carbocycles. The predicted molar refractivity (Wildman–Crippen MR) is 80.2 cm³/mol. The van der Waals surface area contributed by atoms with Crippen LogP contribution in [-0.4, -0.2) is 46.8 Å². The lowest BCUT2D eigenvalue weighted by Gasteiger charge is -2.44. The van der Waals surface area contributed by atoms with Crippen LogP contribution in [0.15, 0.2) is 0 Å². The third-order valence-electron chi connectivity index (χ3n) is 4.08. The van der Waals surface area contributed by atoms with Crippen LogP contribution < -0.4 is 5.32 Å². The van der Waals surface area contributed by atoms with Gasteiger partial charge in [0.2, 0.25) is 11.8 Å². The van der Waals surface area contributed by atoms with E-state index in [4.69, 9.17) is 0 Å². The number of hydrogen-bond acceptors (Lipinski definition) is 3. The second-order valence-corrected chi connectivity index (χ2v) is 6.14. The second-order valence-electron chi connectivity index (χ2n) is 5.15. The maximum Gasteiger partial charge on any atom is 0.248 e. The summed E-state index contributed by atoms with van der Waals surface area (Å²) in [6.45, 7) is 6.43. The molecule has 1 saturated heterocycles. The first-order chi connectivity index (χ1) is 9.02. The Hall–Kier alpha value is -0.710. The number of thioether (sulfide) groups is 1. The maximum atomic E-state index is 12.6. The van der Waals surface area contributed by atoms with Crippen molar-refractivity contribution in [3.63, 3.8) is 0 Å². The number of unbranched alkanes of at least 4 members (excludes halogenated alkanes) is 1. The number of nitrogens with one attached hydrogen (secondary N) is 1. The molecule has 1 unspecified atom stereocenters. The molecule has 1 heterocycles. The molecule has 0 aromatic heterocycles. The molecule has 0 saturated carbocycles. The largest absolute Gasteiger partial charge is 0.340 e. The number of amides is 2. The summed E-state index contributed by atoms with van der Waals surface area (Å²) in [5.41, 5.74) is -0.677. The number of carbonyl (C=O) groups is 2. The van der Waals surface area contributed by atoms with Gasteiger partial charge in [0.15, 0.2) is 0 Å². The van der Waals surface area contributed by atoms with E-state index in [2.05, 4.69) is 11.6 Å². The molecule has 5 heteroatoms. The Labute approximate surface area is 120 Å². The van der Waals surface area contributed by atoms with Crippen LogP contribution in [0.4, 0.5) is 0 Å². The third-order valence-corrected chi connectivity index (χ3v) is 4.78. The van der Waals surface area contributed by atoms with E-state index < -0.39 is 5.54 Å². The quantitative estimate of drug-likeness (QED) is 0.729. The molecule has 1 aliphatic rings. The predicted octanol–water partition coefficient (Wildman–Crippen LogP) is 2.04. The Morgan fingerprint density at radius 2 is 1.89 bits per heavy atom. The van der Waals surface area contributed by atoms with Crippen LogP contribution >= 0.6 is 11.8 Å². The van der Waals surface area contributed by atoms with E-state index in [0.29, 0.717) is 19.4 Å². The van der Waals surface area contributed by atoms with Crippen LogP contribution in [0, 0.1) is 0 Å². The molecule has 1 atom stereocenters. The van der Waals surface area contributed by atoms with Crippen molar-refractivity contribution < 1.29 is 9.59 Å². The van der Waals surface area contributed by atoms with Gasteiger partial charge in [-0.3, -0.25) is 9.59 Å². The standard InChI is InChI=1S/C14H26N2O2S/c1-5-14(6-2)13(18)16(9-7-8-10-19-4)11(3)12(17)15-14/h11H,5-10H2,1-4H3,(H,15,17). The fraction of sp³-hybridized carbons (Fsp3) is 0.857. The van der Waals surface area contributed by atoms with Crippen molar-refractivity contribution >= 4 is 23.6 Å². The molecule has 0 aromatic rings. The molecule has 110 valence electrons. The van der Waals surface area contributed by atoms with Gasteiger partial charge in [0, 0.05) is 6.54 Å². The van der Waals surface area contributed by atoms with Crippen LogP contribution in [0.5, 0.6) is 0 Å². The lowest BCUT2D eigenvalue weighted by molar-refractivity contribution is -0.154. The number of nitrogens with zero attached hydrogens (tertiary/aromatic N) is 1. The van der Waals surface area contributed by atoms with Gasteiger partial charge in [0.1, 0.15) is 11.6 Å². The van der Waals surface area contributed by atoms with Gasteiger partial charge < -0.3 is 10.2 Å². The van der Waals surface area contributed by atoms with E-state index in [1.165, 1.54) is 0 Å². The first kappa shape index (κ1) is 16.3. The molecule has 1 aliphatic heterocycles. The Morgan fingerprint density at radius 1 is 1.26 bits per heavy atom. The lowest BCUT2D eigenvalue weighted by atomic mass is 9.87. The van der Waals surface area contributed by atoms with E-state index >= 15 is 0 Å². The molecular formula is C14H26N2O2S. The van der Waals surface area contributed by atoms with Crippen molar-refractivity contribution in [3.8, 4) is 0 Å². The second kappa shape index (κ2) is 7.17. The van der Waals surface area contributed by atoms with Crippen molar-refractivity contribution in [1.29, 1.82) is 0 Å². The first-order valence-corrected chi connectivity index (χ1v) is 8.53. The highest BCUT2D eigenvalue weighted by atomic mass is 32.2. The van der Waals surface area contributed by atoms with Crippen molar-refractivity contribution in [2.24, 2.45) is 0 Å². The normalized spacial score (nSPS) is 22.5. The topological polar surface area (TPSA) is 49.4 Å². The average molecular weight is 286 g/mol. The molecule has 0 spiro atoms. The minimum atomic E-state index is -0.677. The van der Waals surface area contributed by atoms with Gasteiger partial charge in [-0.05, 0) is 44.6 Å². The molecule has 0 radical (unpaired) electrons. The number of carbonyl (C=O) groups excluding carboxylic acids is 2. The van der Waals surface area contributed by atoms with E-state index in [1.54, 1.807) is 4.90 Å². The molecular weight excluding hydrogens is 260 g/mol. The van der Waals surface area contributed by atoms with Crippen molar-refractivity contribution in [1.82, 2.24) is 10.2 Å². The summed E-state index contributed by atoms with van der Waals surface area (Å²) < 4.78 is 0. The minimum absolute atomic E-state index is 0.0202. The lowest BCUT2D eigenvalue weighted by Crippen LogP contribution is -2.69. The maximum absolute atomic E-state index is 12.6. The van der Waals surface area contributed by atoms with Gasteiger partial charge in [-0.2, -0.15) is 11.8 Å². The fourth-order valence-corrected chi connectivity index (χ4v) is 3.03. The van der Waals surface area contributed by atoms with Gasteiger partial charge in [-0.1, -0.05) is 13.8 Å². The summed E-state index contributed by atoms with van der Waals surface area (Å²) in [5.74, 6) is 1.18. The van der Waals surface area contributed by atoms with Crippen molar-refractivity contribution in [2.45, 2.75) is 58.0 Å². The average Bonchev–Trinajstić information content (AvgIpc) is 2.42. The highest BCUT2D eigenvalue weighted by Gasteiger charge is 2.46. The molecule has 1 rings (SSSR count). The number of hydrogen-bond donors (Lipinski definition) is 1. The number of rotatable bonds is 7. The van der Waals surface area contributed by atoms with Crippen LogP contribution in [0.2, 0.25) is 0 Å². The minimum Gasteiger partial charge on any atom is -0.340 e. The molecule has 2 amide bonds. The SMILES string of the molecule is CCC1(CC)NC(=O)C(C)N(CCCCSC)C1=O. The Balaban J connectivity index is 2.75. The zero-order valence-electron chi connectivity index (χ0n) is 12.5. The summed E-state index contributed by atoms with van der Waals surface area (Å²) in [4.78, 5) is 26.5. The zero-order chi connectivity index (χ0) is 14.5. The van der Waals surface area contributed by atoms with Crippen LogP contribution in [0.25, 0.3) is 0 Å². The monoisotopic (exact) mass is 286 g/mol. The van der Waals surface area contributed by atoms with E-state index in [1.807, 2.05) is 32.5 Å². The Kier molecular flexibility index (Phi) is 6.17. The highest BCUT2D eigenvalue weighted by molar-refractivity contribution is 7.98. The van der Waals surface area contributed by atoms with E-state index in [9.17, 15) is 9.59 Å². The van der Waals surface area contributed by atoms with Crippen molar-refractivity contribution in [3.05, 3.63) is 0 Å². The summed E-state index contributed by atoms with van der Waals surface area (Å²) in [6.07, 6.45) is 5.45. The Morgan fingerprint density at radius 3 is 2.42 bits per heavy atom. The number of piperazine rings is 1. The van der Waals surface area contributed by atoms with Gasteiger partial charge in [0.05, 0.1) is 0 Å². The molecule has 1 N–H and O–H groups in total. The van der Waals surface area contributed by atoms with Gasteiger partial charge >= 0.3 is 0 Å².